The topological polar surface area (TPSA) is 12.0 Å². The maximum Gasteiger partial charge on any atom is 0.0412 e. The highest BCUT2D eigenvalue weighted by Gasteiger charge is 2.53. The Labute approximate surface area is 102 Å². The molecule has 2 aliphatic carbocycles. The van der Waals surface area contributed by atoms with Crippen LogP contribution in [0, 0.1) is 11.3 Å². The summed E-state index contributed by atoms with van der Waals surface area (Å²) >= 11 is 1.89. The third-order valence-electron chi connectivity index (χ3n) is 4.33. The Kier molecular flexibility index (Phi) is 2.80. The summed E-state index contributed by atoms with van der Waals surface area (Å²) in [6.07, 6.45) is 7.16. The number of rotatable bonds is 6. The number of nitrogens with one attached hydrogen (secondary N) is 1. The van der Waals surface area contributed by atoms with Crippen molar-refractivity contribution >= 4 is 11.3 Å². The molecule has 0 amide bonds. The van der Waals surface area contributed by atoms with Crippen LogP contribution in [0.4, 0.5) is 0 Å². The molecule has 1 heterocycles. The first-order chi connectivity index (χ1) is 7.84. The molecule has 1 unspecified atom stereocenters. The van der Waals surface area contributed by atoms with Gasteiger partial charge in [-0.1, -0.05) is 13.0 Å². The Hall–Kier alpha value is -0.340. The average Bonchev–Trinajstić information content (AvgIpc) is 3.19. The lowest BCUT2D eigenvalue weighted by atomic mass is 10.00. The van der Waals surface area contributed by atoms with Crippen molar-refractivity contribution in [2.75, 3.05) is 6.54 Å². The third-order valence-corrected chi connectivity index (χ3v) is 5.32. The van der Waals surface area contributed by atoms with Crippen molar-refractivity contribution in [3.63, 3.8) is 0 Å². The molecule has 2 aliphatic rings. The van der Waals surface area contributed by atoms with E-state index >= 15 is 0 Å². The fourth-order valence-electron chi connectivity index (χ4n) is 2.85. The van der Waals surface area contributed by atoms with Crippen molar-refractivity contribution in [2.24, 2.45) is 11.3 Å². The molecular formula is C14H21NS. The molecule has 0 aromatic carbocycles. The Morgan fingerprint density at radius 1 is 1.50 bits per heavy atom. The van der Waals surface area contributed by atoms with Gasteiger partial charge in [0.2, 0.25) is 0 Å². The highest BCUT2D eigenvalue weighted by atomic mass is 32.1. The molecule has 0 spiro atoms. The molecule has 1 nitrogen and oxygen atoms in total. The molecule has 2 saturated carbocycles. The Morgan fingerprint density at radius 2 is 2.31 bits per heavy atom. The van der Waals surface area contributed by atoms with Crippen molar-refractivity contribution in [1.82, 2.24) is 5.32 Å². The van der Waals surface area contributed by atoms with E-state index < -0.39 is 0 Å². The molecule has 1 aromatic heterocycles. The zero-order chi connectivity index (χ0) is 11.0. The fraction of sp³-hybridized carbons (Fsp3) is 0.714. The smallest absolute Gasteiger partial charge is 0.0412 e. The van der Waals surface area contributed by atoms with Gasteiger partial charge >= 0.3 is 0 Å². The van der Waals surface area contributed by atoms with Crippen molar-refractivity contribution in [3.8, 4) is 0 Å². The largest absolute Gasteiger partial charge is 0.309 e. The summed E-state index contributed by atoms with van der Waals surface area (Å²) in [4.78, 5) is 1.51. The minimum Gasteiger partial charge on any atom is -0.309 e. The summed E-state index contributed by atoms with van der Waals surface area (Å²) < 4.78 is 0. The maximum absolute atomic E-state index is 3.81. The van der Waals surface area contributed by atoms with Crippen LogP contribution in [0.25, 0.3) is 0 Å². The van der Waals surface area contributed by atoms with Gasteiger partial charge in [-0.25, -0.2) is 0 Å². The van der Waals surface area contributed by atoms with Gasteiger partial charge in [-0.3, -0.25) is 0 Å². The zero-order valence-electron chi connectivity index (χ0n) is 10.0. The van der Waals surface area contributed by atoms with Crippen LogP contribution in [0.3, 0.4) is 0 Å². The molecule has 0 saturated heterocycles. The lowest BCUT2D eigenvalue weighted by Crippen LogP contribution is -2.28. The predicted octanol–water partition coefficient (Wildman–Crippen LogP) is 3.98. The highest BCUT2D eigenvalue weighted by Crippen LogP contribution is 2.61. The SMILES string of the molecule is CCC(NCC1(C2CC2)CC1)c1cccs1. The van der Waals surface area contributed by atoms with Gasteiger partial charge in [-0.15, -0.1) is 11.3 Å². The molecule has 16 heavy (non-hydrogen) atoms. The number of thiophene rings is 1. The molecule has 1 atom stereocenters. The second kappa shape index (κ2) is 4.15. The van der Waals surface area contributed by atoms with Gasteiger partial charge in [-0.2, -0.15) is 0 Å². The van der Waals surface area contributed by atoms with Crippen LogP contribution in [0.1, 0.15) is 49.9 Å². The van der Waals surface area contributed by atoms with Crippen LogP contribution in [0.2, 0.25) is 0 Å². The lowest BCUT2D eigenvalue weighted by molar-refractivity contribution is 0.372. The van der Waals surface area contributed by atoms with Crippen LogP contribution in [-0.2, 0) is 0 Å². The van der Waals surface area contributed by atoms with Gasteiger partial charge < -0.3 is 5.32 Å². The zero-order valence-corrected chi connectivity index (χ0v) is 10.9. The summed E-state index contributed by atoms with van der Waals surface area (Å²) in [6, 6.07) is 5.02. The molecule has 2 fully saturated rings. The van der Waals surface area contributed by atoms with Crippen molar-refractivity contribution < 1.29 is 0 Å². The van der Waals surface area contributed by atoms with Gasteiger partial charge in [0.1, 0.15) is 0 Å². The molecule has 0 radical (unpaired) electrons. The number of hydrogen-bond donors (Lipinski definition) is 1. The van der Waals surface area contributed by atoms with Gasteiger partial charge in [0.05, 0.1) is 0 Å². The summed E-state index contributed by atoms with van der Waals surface area (Å²) in [5.41, 5.74) is 0.727. The van der Waals surface area contributed by atoms with Crippen molar-refractivity contribution in [1.29, 1.82) is 0 Å². The van der Waals surface area contributed by atoms with Gasteiger partial charge in [0, 0.05) is 17.5 Å². The van der Waals surface area contributed by atoms with Gasteiger partial charge in [0.25, 0.3) is 0 Å². The Morgan fingerprint density at radius 3 is 2.81 bits per heavy atom. The predicted molar refractivity (Wildman–Crippen MR) is 69.7 cm³/mol. The summed E-state index contributed by atoms with van der Waals surface area (Å²) in [6.45, 7) is 3.54. The molecule has 1 aromatic rings. The van der Waals surface area contributed by atoms with E-state index in [4.69, 9.17) is 0 Å². The van der Waals surface area contributed by atoms with E-state index in [2.05, 4.69) is 29.8 Å². The molecular weight excluding hydrogens is 214 g/mol. The molecule has 0 bridgehead atoms. The Balaban J connectivity index is 1.57. The standard InChI is InChI=1S/C14H21NS/c1-2-12(13-4-3-9-16-13)15-10-14(7-8-14)11-5-6-11/h3-4,9,11-12,15H,2,5-8,10H2,1H3. The summed E-state index contributed by atoms with van der Waals surface area (Å²) in [7, 11) is 0. The molecule has 3 rings (SSSR count). The van der Waals surface area contributed by atoms with E-state index in [1.54, 1.807) is 0 Å². The molecule has 0 aliphatic heterocycles. The first-order valence-electron chi connectivity index (χ1n) is 6.61. The fourth-order valence-corrected chi connectivity index (χ4v) is 3.73. The van der Waals surface area contributed by atoms with Crippen LogP contribution in [0.5, 0.6) is 0 Å². The minimum absolute atomic E-state index is 0.594. The van der Waals surface area contributed by atoms with E-state index in [1.807, 2.05) is 11.3 Å². The van der Waals surface area contributed by atoms with Gasteiger partial charge in [-0.05, 0) is 54.9 Å². The van der Waals surface area contributed by atoms with Crippen molar-refractivity contribution in [2.45, 2.75) is 45.1 Å². The van der Waals surface area contributed by atoms with E-state index in [0.29, 0.717) is 6.04 Å². The second-order valence-corrected chi connectivity index (χ2v) is 6.47. The van der Waals surface area contributed by atoms with E-state index in [-0.39, 0.29) is 0 Å². The van der Waals surface area contributed by atoms with Crippen LogP contribution < -0.4 is 5.32 Å². The Bertz CT molecular complexity index is 336. The normalized spacial score (nSPS) is 24.3. The van der Waals surface area contributed by atoms with Crippen LogP contribution in [-0.4, -0.2) is 6.54 Å². The molecule has 1 N–H and O–H groups in total. The first kappa shape index (κ1) is 10.8. The third kappa shape index (κ3) is 2.05. The highest BCUT2D eigenvalue weighted by molar-refractivity contribution is 7.10. The molecule has 2 heteroatoms. The quantitative estimate of drug-likeness (QED) is 0.786. The second-order valence-electron chi connectivity index (χ2n) is 5.49. The average molecular weight is 235 g/mol. The number of hydrogen-bond acceptors (Lipinski definition) is 2. The molecule has 88 valence electrons. The minimum atomic E-state index is 0.594. The van der Waals surface area contributed by atoms with Crippen LogP contribution in [0.15, 0.2) is 17.5 Å². The summed E-state index contributed by atoms with van der Waals surface area (Å²) in [5, 5.41) is 5.99. The van der Waals surface area contributed by atoms with E-state index in [0.717, 1.165) is 11.3 Å². The van der Waals surface area contributed by atoms with Crippen molar-refractivity contribution in [3.05, 3.63) is 22.4 Å². The van der Waals surface area contributed by atoms with Crippen LogP contribution >= 0.6 is 11.3 Å². The van der Waals surface area contributed by atoms with E-state index in [1.165, 1.54) is 43.5 Å². The first-order valence-corrected chi connectivity index (χ1v) is 7.49. The monoisotopic (exact) mass is 235 g/mol. The summed E-state index contributed by atoms with van der Waals surface area (Å²) in [5.74, 6) is 1.07. The van der Waals surface area contributed by atoms with Gasteiger partial charge in [0.15, 0.2) is 0 Å². The maximum atomic E-state index is 3.81. The lowest BCUT2D eigenvalue weighted by Gasteiger charge is -2.21. The van der Waals surface area contributed by atoms with E-state index in [9.17, 15) is 0 Å².